The van der Waals surface area contributed by atoms with Crippen LogP contribution >= 0.6 is 11.6 Å². The van der Waals surface area contributed by atoms with Gasteiger partial charge in [0.25, 0.3) is 0 Å². The summed E-state index contributed by atoms with van der Waals surface area (Å²) in [5.74, 6) is -0.371. The van der Waals surface area contributed by atoms with E-state index in [4.69, 9.17) is 11.6 Å². The van der Waals surface area contributed by atoms with E-state index >= 15 is 0 Å². The summed E-state index contributed by atoms with van der Waals surface area (Å²) in [6.07, 6.45) is -4.51. The molecule has 0 aliphatic heterocycles. The third kappa shape index (κ3) is 3.23. The maximum atomic E-state index is 13.3. The number of benzene rings is 2. The van der Waals surface area contributed by atoms with Gasteiger partial charge in [-0.3, -0.25) is 4.68 Å². The van der Waals surface area contributed by atoms with Crippen molar-refractivity contribution >= 4 is 22.5 Å². The predicted octanol–water partition coefficient (Wildman–Crippen LogP) is 4.08. The van der Waals surface area contributed by atoms with Crippen LogP contribution in [-0.4, -0.2) is 30.4 Å². The van der Waals surface area contributed by atoms with Crippen molar-refractivity contribution < 1.29 is 17.6 Å². The largest absolute Gasteiger partial charge is 0.416 e. The molecule has 0 saturated heterocycles. The Labute approximate surface area is 153 Å². The zero-order valence-corrected chi connectivity index (χ0v) is 14.1. The molecule has 0 atom stereocenters. The van der Waals surface area contributed by atoms with Crippen LogP contribution in [0.25, 0.3) is 22.4 Å². The first-order chi connectivity index (χ1) is 12.8. The van der Waals surface area contributed by atoms with Crippen molar-refractivity contribution in [2.45, 2.75) is 12.7 Å². The minimum Gasteiger partial charge on any atom is -0.260 e. The van der Waals surface area contributed by atoms with Crippen LogP contribution in [0.4, 0.5) is 17.6 Å². The number of nitrogens with one attached hydrogen (secondary N) is 1. The Morgan fingerprint density at radius 2 is 1.93 bits per heavy atom. The second-order valence-electron chi connectivity index (χ2n) is 5.71. The van der Waals surface area contributed by atoms with Crippen LogP contribution in [-0.2, 0) is 12.7 Å². The van der Waals surface area contributed by atoms with Gasteiger partial charge in [-0.25, -0.2) is 4.39 Å². The monoisotopic (exact) mass is 396 g/mol. The molecule has 11 heteroatoms. The molecule has 6 nitrogen and oxygen atoms in total. The van der Waals surface area contributed by atoms with Gasteiger partial charge < -0.3 is 0 Å². The second-order valence-corrected chi connectivity index (χ2v) is 6.11. The average molecular weight is 397 g/mol. The van der Waals surface area contributed by atoms with Gasteiger partial charge in [0.15, 0.2) is 0 Å². The Hall–Kier alpha value is -3.01. The van der Waals surface area contributed by atoms with Crippen molar-refractivity contribution in [3.05, 3.63) is 58.4 Å². The van der Waals surface area contributed by atoms with Gasteiger partial charge >= 0.3 is 6.18 Å². The second kappa shape index (κ2) is 6.31. The molecule has 27 heavy (non-hydrogen) atoms. The summed E-state index contributed by atoms with van der Waals surface area (Å²) in [7, 11) is 0. The van der Waals surface area contributed by atoms with Crippen molar-refractivity contribution in [1.29, 1.82) is 0 Å². The summed E-state index contributed by atoms with van der Waals surface area (Å²) in [6.45, 7) is 0.0365. The summed E-state index contributed by atoms with van der Waals surface area (Å²) < 4.78 is 54.0. The van der Waals surface area contributed by atoms with E-state index in [-0.39, 0.29) is 28.6 Å². The molecule has 0 spiro atoms. The van der Waals surface area contributed by atoms with Gasteiger partial charge in [-0.2, -0.15) is 23.5 Å². The minimum atomic E-state index is -4.51. The first kappa shape index (κ1) is 17.4. The number of rotatable bonds is 3. The third-order valence-electron chi connectivity index (χ3n) is 3.97. The molecule has 0 aliphatic rings. The van der Waals surface area contributed by atoms with E-state index in [1.807, 2.05) is 0 Å². The van der Waals surface area contributed by atoms with Crippen molar-refractivity contribution in [3.63, 3.8) is 0 Å². The molecule has 0 saturated carbocycles. The summed E-state index contributed by atoms with van der Waals surface area (Å²) in [4.78, 5) is 0. The standard InChI is InChI=1S/C16H9ClF4N6/c17-12-6-10(18)3-1-8(12)7-27-13-5-9(16(19,20)21)2-4-11(13)14(24-27)15-22-25-26-23-15/h1-6H,7H2,(H,22,23,25,26). The van der Waals surface area contributed by atoms with E-state index in [1.165, 1.54) is 22.9 Å². The normalized spacial score (nSPS) is 12.0. The highest BCUT2D eigenvalue weighted by atomic mass is 35.5. The lowest BCUT2D eigenvalue weighted by Gasteiger charge is -2.09. The highest BCUT2D eigenvalue weighted by Gasteiger charge is 2.31. The van der Waals surface area contributed by atoms with E-state index in [1.54, 1.807) is 0 Å². The molecule has 0 aliphatic carbocycles. The van der Waals surface area contributed by atoms with E-state index in [2.05, 4.69) is 25.7 Å². The lowest BCUT2D eigenvalue weighted by atomic mass is 10.1. The van der Waals surface area contributed by atoms with Gasteiger partial charge in [0.1, 0.15) is 11.5 Å². The van der Waals surface area contributed by atoms with Crippen LogP contribution in [0.2, 0.25) is 5.02 Å². The molecule has 0 radical (unpaired) electrons. The van der Waals surface area contributed by atoms with Crippen LogP contribution in [0.3, 0.4) is 0 Å². The molecule has 2 aromatic heterocycles. The van der Waals surface area contributed by atoms with Gasteiger partial charge in [0.2, 0.25) is 5.82 Å². The number of fused-ring (bicyclic) bond motifs is 1. The number of aromatic nitrogens is 6. The summed E-state index contributed by atoms with van der Waals surface area (Å²) in [6, 6.07) is 7.05. The Morgan fingerprint density at radius 1 is 1.11 bits per heavy atom. The molecule has 2 heterocycles. The van der Waals surface area contributed by atoms with Gasteiger partial charge in [0.05, 0.1) is 17.6 Å². The lowest BCUT2D eigenvalue weighted by molar-refractivity contribution is -0.137. The fourth-order valence-corrected chi connectivity index (χ4v) is 2.94. The van der Waals surface area contributed by atoms with Crippen molar-refractivity contribution in [3.8, 4) is 11.5 Å². The molecule has 0 amide bonds. The number of hydrogen-bond donors (Lipinski definition) is 1. The Bertz CT molecular complexity index is 1120. The molecule has 0 unspecified atom stereocenters. The Morgan fingerprint density at radius 3 is 2.59 bits per heavy atom. The van der Waals surface area contributed by atoms with Crippen LogP contribution < -0.4 is 0 Å². The predicted molar refractivity (Wildman–Crippen MR) is 88.4 cm³/mol. The van der Waals surface area contributed by atoms with Crippen LogP contribution in [0, 0.1) is 5.82 Å². The summed E-state index contributed by atoms with van der Waals surface area (Å²) >= 11 is 6.04. The molecule has 0 fully saturated rings. The molecule has 4 aromatic rings. The smallest absolute Gasteiger partial charge is 0.260 e. The number of nitrogens with zero attached hydrogens (tertiary/aromatic N) is 5. The lowest BCUT2D eigenvalue weighted by Crippen LogP contribution is -2.06. The molecular weight excluding hydrogens is 388 g/mol. The quantitative estimate of drug-likeness (QED) is 0.530. The van der Waals surface area contributed by atoms with Gasteiger partial charge in [-0.15, -0.1) is 10.2 Å². The van der Waals surface area contributed by atoms with Crippen LogP contribution in [0.5, 0.6) is 0 Å². The molecule has 1 N–H and O–H groups in total. The molecule has 2 aromatic carbocycles. The fraction of sp³-hybridized carbons (Fsp3) is 0.125. The summed E-state index contributed by atoms with van der Waals surface area (Å²) in [5, 5.41) is 18.3. The number of halogens is 5. The van der Waals surface area contributed by atoms with E-state index < -0.39 is 17.6 Å². The maximum Gasteiger partial charge on any atom is 0.416 e. The maximum absolute atomic E-state index is 13.3. The van der Waals surface area contributed by atoms with Gasteiger partial charge in [0, 0.05) is 10.4 Å². The Kier molecular flexibility index (Phi) is 4.06. The van der Waals surface area contributed by atoms with E-state index in [9.17, 15) is 17.6 Å². The minimum absolute atomic E-state index is 0.0365. The fourth-order valence-electron chi connectivity index (χ4n) is 2.71. The number of H-pyrrole nitrogens is 1. The van der Waals surface area contributed by atoms with Crippen LogP contribution in [0.1, 0.15) is 11.1 Å². The van der Waals surface area contributed by atoms with E-state index in [0.717, 1.165) is 18.2 Å². The van der Waals surface area contributed by atoms with Crippen LogP contribution in [0.15, 0.2) is 36.4 Å². The topological polar surface area (TPSA) is 72.3 Å². The first-order valence-corrected chi connectivity index (χ1v) is 7.96. The molecule has 4 rings (SSSR count). The molecule has 138 valence electrons. The highest BCUT2D eigenvalue weighted by molar-refractivity contribution is 6.31. The van der Waals surface area contributed by atoms with Crippen molar-refractivity contribution in [1.82, 2.24) is 30.4 Å². The van der Waals surface area contributed by atoms with E-state index in [0.29, 0.717) is 10.9 Å². The van der Waals surface area contributed by atoms with Gasteiger partial charge in [-0.05, 0) is 41.1 Å². The number of tetrazole rings is 1. The first-order valence-electron chi connectivity index (χ1n) is 7.58. The average Bonchev–Trinajstić information content (AvgIpc) is 3.24. The SMILES string of the molecule is Fc1ccc(Cn2nc(-c3nn[nH]n3)c3ccc(C(F)(F)F)cc32)c(Cl)c1. The molecular formula is C16H9ClF4N6. The zero-order chi connectivity index (χ0) is 19.2. The number of alkyl halides is 3. The number of hydrogen-bond acceptors (Lipinski definition) is 4. The van der Waals surface area contributed by atoms with Crippen molar-refractivity contribution in [2.24, 2.45) is 0 Å². The Balaban J connectivity index is 1.89. The number of aromatic amines is 1. The molecule has 0 bridgehead atoms. The van der Waals surface area contributed by atoms with Gasteiger partial charge in [-0.1, -0.05) is 17.7 Å². The highest BCUT2D eigenvalue weighted by Crippen LogP contribution is 2.34. The van der Waals surface area contributed by atoms with Crippen molar-refractivity contribution in [2.75, 3.05) is 0 Å². The zero-order valence-electron chi connectivity index (χ0n) is 13.3. The summed E-state index contributed by atoms with van der Waals surface area (Å²) in [5.41, 5.74) is 0.163. The third-order valence-corrected chi connectivity index (χ3v) is 4.32.